The fourth-order valence-electron chi connectivity index (χ4n) is 1.73. The summed E-state index contributed by atoms with van der Waals surface area (Å²) >= 11 is 6.01. The van der Waals surface area contributed by atoms with Crippen molar-refractivity contribution in [2.45, 2.75) is 19.9 Å². The highest BCUT2D eigenvalue weighted by molar-refractivity contribution is 6.30. The molecule has 1 N–H and O–H groups in total. The van der Waals surface area contributed by atoms with Crippen LogP contribution in [0.4, 0.5) is 0 Å². The first-order valence-corrected chi connectivity index (χ1v) is 6.78. The van der Waals surface area contributed by atoms with Gasteiger partial charge >= 0.3 is 0 Å². The minimum absolute atomic E-state index is 0. The molecular formula is C14H25Cl3N2O. The lowest BCUT2D eigenvalue weighted by atomic mass is 10.2. The Morgan fingerprint density at radius 2 is 1.95 bits per heavy atom. The van der Waals surface area contributed by atoms with Crippen molar-refractivity contribution < 1.29 is 4.74 Å². The van der Waals surface area contributed by atoms with Crippen LogP contribution in [0, 0.1) is 0 Å². The van der Waals surface area contributed by atoms with E-state index < -0.39 is 0 Å². The Labute approximate surface area is 139 Å². The summed E-state index contributed by atoms with van der Waals surface area (Å²) in [5.74, 6) is 0.919. The summed E-state index contributed by atoms with van der Waals surface area (Å²) in [6.45, 7) is 5.55. The third-order valence-corrected chi connectivity index (χ3v) is 2.83. The molecule has 118 valence electrons. The van der Waals surface area contributed by atoms with Gasteiger partial charge in [-0.1, -0.05) is 11.6 Å². The van der Waals surface area contributed by atoms with Gasteiger partial charge in [0.05, 0.1) is 6.61 Å². The van der Waals surface area contributed by atoms with Crippen molar-refractivity contribution in [3.05, 3.63) is 28.8 Å². The van der Waals surface area contributed by atoms with Gasteiger partial charge in [0.1, 0.15) is 5.75 Å². The summed E-state index contributed by atoms with van der Waals surface area (Å²) in [7, 11) is 4.17. The van der Waals surface area contributed by atoms with Crippen molar-refractivity contribution in [1.82, 2.24) is 10.2 Å². The Kier molecular flexibility index (Phi) is 13.9. The highest BCUT2D eigenvalue weighted by atomic mass is 35.5. The summed E-state index contributed by atoms with van der Waals surface area (Å²) in [6, 6.07) is 5.76. The SMILES string of the molecule is CCOc1ccc(Cl)cc1CNCCCN(C)C.Cl.Cl. The maximum Gasteiger partial charge on any atom is 0.123 e. The van der Waals surface area contributed by atoms with E-state index >= 15 is 0 Å². The highest BCUT2D eigenvalue weighted by Crippen LogP contribution is 2.22. The molecule has 20 heavy (non-hydrogen) atoms. The van der Waals surface area contributed by atoms with Crippen LogP contribution in [0.15, 0.2) is 18.2 Å². The largest absolute Gasteiger partial charge is 0.494 e. The molecule has 0 aliphatic carbocycles. The van der Waals surface area contributed by atoms with E-state index in [-0.39, 0.29) is 24.8 Å². The molecule has 0 aliphatic rings. The van der Waals surface area contributed by atoms with Crippen LogP contribution in [0.25, 0.3) is 0 Å². The van der Waals surface area contributed by atoms with Gasteiger partial charge in [0.15, 0.2) is 0 Å². The van der Waals surface area contributed by atoms with Gasteiger partial charge in [-0.3, -0.25) is 0 Å². The van der Waals surface area contributed by atoms with Crippen LogP contribution in [-0.2, 0) is 6.54 Å². The zero-order chi connectivity index (χ0) is 13.4. The average Bonchev–Trinajstić information content (AvgIpc) is 2.32. The quantitative estimate of drug-likeness (QED) is 0.730. The molecule has 0 aliphatic heterocycles. The lowest BCUT2D eigenvalue weighted by molar-refractivity contribution is 0.335. The van der Waals surface area contributed by atoms with Crippen molar-refractivity contribution in [1.29, 1.82) is 0 Å². The number of ether oxygens (including phenoxy) is 1. The second-order valence-corrected chi connectivity index (χ2v) is 4.96. The van der Waals surface area contributed by atoms with E-state index in [0.29, 0.717) is 6.61 Å². The number of hydrogen-bond donors (Lipinski definition) is 1. The van der Waals surface area contributed by atoms with E-state index in [9.17, 15) is 0 Å². The lowest BCUT2D eigenvalue weighted by Crippen LogP contribution is -2.21. The number of hydrogen-bond acceptors (Lipinski definition) is 3. The van der Waals surface area contributed by atoms with E-state index in [1.165, 1.54) is 0 Å². The monoisotopic (exact) mass is 342 g/mol. The number of rotatable bonds is 8. The summed E-state index contributed by atoms with van der Waals surface area (Å²) in [5, 5.41) is 4.17. The van der Waals surface area contributed by atoms with Gasteiger partial charge in [-0.2, -0.15) is 0 Å². The summed E-state index contributed by atoms with van der Waals surface area (Å²) in [5.41, 5.74) is 1.12. The molecule has 0 atom stereocenters. The molecule has 0 fully saturated rings. The average molecular weight is 344 g/mol. The van der Waals surface area contributed by atoms with Crippen LogP contribution in [-0.4, -0.2) is 38.7 Å². The van der Waals surface area contributed by atoms with E-state index in [1.54, 1.807) is 0 Å². The maximum absolute atomic E-state index is 6.01. The van der Waals surface area contributed by atoms with E-state index in [2.05, 4.69) is 24.3 Å². The first kappa shape index (κ1) is 22.1. The molecule has 0 unspecified atom stereocenters. The van der Waals surface area contributed by atoms with E-state index in [0.717, 1.165) is 42.4 Å². The lowest BCUT2D eigenvalue weighted by Gasteiger charge is -2.12. The van der Waals surface area contributed by atoms with Crippen LogP contribution in [0.1, 0.15) is 18.9 Å². The summed E-state index contributed by atoms with van der Waals surface area (Å²) < 4.78 is 5.58. The van der Waals surface area contributed by atoms with E-state index in [1.807, 2.05) is 25.1 Å². The standard InChI is InChI=1S/C14H23ClN2O.2ClH/c1-4-18-14-7-6-13(15)10-12(14)11-16-8-5-9-17(2)3;;/h6-7,10,16H,4-5,8-9,11H2,1-3H3;2*1H. The van der Waals surface area contributed by atoms with Gasteiger partial charge in [-0.05, 0) is 58.7 Å². The zero-order valence-electron chi connectivity index (χ0n) is 12.3. The Balaban J connectivity index is 0. The topological polar surface area (TPSA) is 24.5 Å². The van der Waals surface area contributed by atoms with Gasteiger partial charge in [-0.25, -0.2) is 0 Å². The summed E-state index contributed by atoms with van der Waals surface area (Å²) in [4.78, 5) is 2.19. The van der Waals surface area contributed by atoms with Crippen LogP contribution in [0.2, 0.25) is 5.02 Å². The Bertz CT molecular complexity index is 362. The van der Waals surface area contributed by atoms with Gasteiger partial charge in [0.25, 0.3) is 0 Å². The minimum atomic E-state index is 0. The Hall–Kier alpha value is -0.190. The molecule has 1 aromatic rings. The zero-order valence-corrected chi connectivity index (χ0v) is 14.7. The molecule has 3 nitrogen and oxygen atoms in total. The predicted octanol–water partition coefficient (Wildman–Crippen LogP) is 3.62. The molecule has 0 saturated carbocycles. The van der Waals surface area contributed by atoms with Crippen LogP contribution in [0.3, 0.4) is 0 Å². The molecule has 0 spiro atoms. The van der Waals surface area contributed by atoms with Crippen molar-refractivity contribution >= 4 is 36.4 Å². The fraction of sp³-hybridized carbons (Fsp3) is 0.571. The normalized spacial score (nSPS) is 9.85. The first-order chi connectivity index (χ1) is 8.63. The third kappa shape index (κ3) is 8.88. The van der Waals surface area contributed by atoms with Gasteiger partial charge in [0, 0.05) is 17.1 Å². The Morgan fingerprint density at radius 3 is 2.55 bits per heavy atom. The molecule has 0 radical (unpaired) electrons. The fourth-order valence-corrected chi connectivity index (χ4v) is 1.92. The van der Waals surface area contributed by atoms with Crippen molar-refractivity contribution in [2.24, 2.45) is 0 Å². The molecule has 1 aromatic carbocycles. The number of halogens is 3. The summed E-state index contributed by atoms with van der Waals surface area (Å²) in [6.07, 6.45) is 1.14. The molecule has 0 heterocycles. The third-order valence-electron chi connectivity index (χ3n) is 2.60. The molecular weight excluding hydrogens is 319 g/mol. The molecule has 0 aromatic heterocycles. The van der Waals surface area contributed by atoms with E-state index in [4.69, 9.17) is 16.3 Å². The van der Waals surface area contributed by atoms with Crippen LogP contribution < -0.4 is 10.1 Å². The van der Waals surface area contributed by atoms with Gasteiger partial charge in [-0.15, -0.1) is 24.8 Å². The minimum Gasteiger partial charge on any atom is -0.494 e. The predicted molar refractivity (Wildman–Crippen MR) is 92.0 cm³/mol. The second kappa shape index (κ2) is 12.5. The second-order valence-electron chi connectivity index (χ2n) is 4.52. The smallest absolute Gasteiger partial charge is 0.123 e. The maximum atomic E-state index is 6.01. The highest BCUT2D eigenvalue weighted by Gasteiger charge is 2.04. The first-order valence-electron chi connectivity index (χ1n) is 6.40. The number of nitrogens with zero attached hydrogens (tertiary/aromatic N) is 1. The number of benzene rings is 1. The van der Waals surface area contributed by atoms with Crippen LogP contribution in [0.5, 0.6) is 5.75 Å². The molecule has 0 amide bonds. The molecule has 6 heteroatoms. The van der Waals surface area contributed by atoms with Gasteiger partial charge < -0.3 is 15.0 Å². The Morgan fingerprint density at radius 1 is 1.25 bits per heavy atom. The van der Waals surface area contributed by atoms with Gasteiger partial charge in [0.2, 0.25) is 0 Å². The number of nitrogens with one attached hydrogen (secondary N) is 1. The molecule has 0 bridgehead atoms. The van der Waals surface area contributed by atoms with Crippen molar-refractivity contribution in [3.63, 3.8) is 0 Å². The van der Waals surface area contributed by atoms with Crippen molar-refractivity contribution in [2.75, 3.05) is 33.8 Å². The van der Waals surface area contributed by atoms with Crippen molar-refractivity contribution in [3.8, 4) is 5.75 Å². The molecule has 0 saturated heterocycles. The molecule has 1 rings (SSSR count). The van der Waals surface area contributed by atoms with Crippen LogP contribution >= 0.6 is 36.4 Å².